The van der Waals surface area contributed by atoms with E-state index in [1.54, 1.807) is 0 Å². The molecule has 0 bridgehead atoms. The highest BCUT2D eigenvalue weighted by molar-refractivity contribution is 8.00. The van der Waals surface area contributed by atoms with Crippen LogP contribution in [0.3, 0.4) is 0 Å². The monoisotopic (exact) mass is 551 g/mol. The Morgan fingerprint density at radius 3 is 2.25 bits per heavy atom. The lowest BCUT2D eigenvalue weighted by molar-refractivity contribution is -0.147. The van der Waals surface area contributed by atoms with Crippen molar-refractivity contribution < 1.29 is 42.3 Å². The molecule has 0 amide bonds. The van der Waals surface area contributed by atoms with Crippen LogP contribution in [0.5, 0.6) is 0 Å². The van der Waals surface area contributed by atoms with E-state index in [2.05, 4.69) is 4.98 Å². The van der Waals surface area contributed by atoms with Crippen LogP contribution >= 0.6 is 19.6 Å². The summed E-state index contributed by atoms with van der Waals surface area (Å²) in [5.74, 6) is -1.46. The number of carbonyl (C=O) groups excluding carboxylic acids is 2. The fraction of sp³-hybridized carbons (Fsp3) is 0.714. The van der Waals surface area contributed by atoms with E-state index in [4.69, 9.17) is 28.8 Å². The summed E-state index contributed by atoms with van der Waals surface area (Å²) in [6.07, 6.45) is 3.71. The van der Waals surface area contributed by atoms with E-state index in [1.165, 1.54) is 28.6 Å². The summed E-state index contributed by atoms with van der Waals surface area (Å²) in [6.45, 7) is 2.47. The third kappa shape index (κ3) is 10.2. The van der Waals surface area contributed by atoms with Gasteiger partial charge in [-0.05, 0) is 18.9 Å². The van der Waals surface area contributed by atoms with E-state index in [-0.39, 0.29) is 32.1 Å². The minimum atomic E-state index is -4.42. The number of hydrogen-bond donors (Lipinski definition) is 2. The number of hydrogen-bond acceptors (Lipinski definition) is 13. The molecule has 0 spiro atoms. The lowest BCUT2D eigenvalue weighted by atomic mass is 10.2. The largest absolute Gasteiger partial charge is 0.475 e. The molecule has 0 saturated carbocycles. The molecule has 2 rings (SSSR count). The highest BCUT2D eigenvalue weighted by atomic mass is 32.2. The third-order valence-corrected chi connectivity index (χ3v) is 7.86. The number of phosphoric acid groups is 1. The Balaban J connectivity index is 1.98. The van der Waals surface area contributed by atoms with Crippen LogP contribution in [0.4, 0.5) is 5.82 Å². The summed E-state index contributed by atoms with van der Waals surface area (Å²) in [7, 11) is -4.42. The van der Waals surface area contributed by atoms with Crippen LogP contribution in [0.15, 0.2) is 17.1 Å². The molecule has 13 nitrogen and oxygen atoms in total. The second kappa shape index (κ2) is 15.3. The number of anilines is 1. The quantitative estimate of drug-likeness (QED) is 0.173. The first-order chi connectivity index (χ1) is 17.2. The van der Waals surface area contributed by atoms with Crippen molar-refractivity contribution in [2.24, 2.45) is 0 Å². The number of esters is 2. The topological polar surface area (TPSA) is 179 Å². The van der Waals surface area contributed by atoms with Gasteiger partial charge in [0.1, 0.15) is 5.82 Å². The first kappa shape index (κ1) is 30.3. The number of ether oxygens (including phenoxy) is 2. The second-order valence-electron chi connectivity index (χ2n) is 7.91. The van der Waals surface area contributed by atoms with Crippen molar-refractivity contribution in [3.8, 4) is 0 Å². The number of phosphoric ester groups is 1. The van der Waals surface area contributed by atoms with E-state index >= 15 is 0 Å². The fourth-order valence-corrected chi connectivity index (χ4v) is 5.60. The molecule has 1 unspecified atom stereocenters. The van der Waals surface area contributed by atoms with Crippen molar-refractivity contribution >= 4 is 37.3 Å². The molecule has 0 radical (unpaired) electrons. The normalized spacial score (nSPS) is 19.8. The van der Waals surface area contributed by atoms with Crippen molar-refractivity contribution in [2.75, 3.05) is 38.8 Å². The number of thioether (sulfide) groups is 1. The van der Waals surface area contributed by atoms with Gasteiger partial charge in [0.25, 0.3) is 0 Å². The number of carbonyl (C=O) groups is 2. The Bertz CT molecular complexity index is 932. The smallest absolute Gasteiger partial charge is 0.464 e. The third-order valence-electron chi connectivity index (χ3n) is 4.97. The molecule has 1 aromatic heterocycles. The molecular weight excluding hydrogens is 517 g/mol. The molecular formula is C21H34N3O10PS. The zero-order valence-electron chi connectivity index (χ0n) is 20.4. The summed E-state index contributed by atoms with van der Waals surface area (Å²) in [4.78, 5) is 39.6. The van der Waals surface area contributed by atoms with E-state index < -0.39 is 55.4 Å². The van der Waals surface area contributed by atoms with Crippen molar-refractivity contribution in [1.29, 1.82) is 0 Å². The highest BCUT2D eigenvalue weighted by Crippen LogP contribution is 2.51. The van der Waals surface area contributed by atoms with Crippen LogP contribution in [0.25, 0.3) is 0 Å². The standard InChI is InChI=1S/C21H34N3O10PS/c1-3-5-9-30-19(26)13-33-35(29,34-14-20(27)31-10-6-4-2)32-12-16-15(25)11-18(36-16)24-8-7-17(22)23-21(24)28/h7-8,15-16,18,25H,3-6,9-14H2,1-2H3,(H2,22,23,28)/t15-,16?,18-/m1/s1. The van der Waals surface area contributed by atoms with E-state index in [9.17, 15) is 24.1 Å². The van der Waals surface area contributed by atoms with Gasteiger partial charge in [0.05, 0.1) is 36.5 Å². The van der Waals surface area contributed by atoms with Gasteiger partial charge in [-0.2, -0.15) is 4.98 Å². The molecule has 0 aromatic carbocycles. The minimum Gasteiger partial charge on any atom is -0.464 e. The lowest BCUT2D eigenvalue weighted by Gasteiger charge is -2.20. The zero-order chi connectivity index (χ0) is 26.6. The number of unbranched alkanes of at least 4 members (excludes halogenated alkanes) is 2. The molecule has 36 heavy (non-hydrogen) atoms. The number of rotatable bonds is 16. The van der Waals surface area contributed by atoms with Gasteiger partial charge in [-0.3, -0.25) is 18.1 Å². The molecule has 1 fully saturated rings. The zero-order valence-corrected chi connectivity index (χ0v) is 22.1. The number of aromatic nitrogens is 2. The Morgan fingerprint density at radius 1 is 1.14 bits per heavy atom. The molecule has 2 heterocycles. The van der Waals surface area contributed by atoms with Gasteiger partial charge >= 0.3 is 25.5 Å². The first-order valence-corrected chi connectivity index (χ1v) is 14.1. The summed E-state index contributed by atoms with van der Waals surface area (Å²) >= 11 is 1.20. The van der Waals surface area contributed by atoms with Crippen molar-refractivity contribution in [1.82, 2.24) is 9.55 Å². The predicted molar refractivity (Wildman–Crippen MR) is 131 cm³/mol. The summed E-state index contributed by atoms with van der Waals surface area (Å²) in [5.41, 5.74) is 4.95. The maximum atomic E-state index is 13.1. The molecule has 204 valence electrons. The maximum absolute atomic E-state index is 13.1. The van der Waals surface area contributed by atoms with Crippen LogP contribution in [0.1, 0.15) is 51.3 Å². The summed E-state index contributed by atoms with van der Waals surface area (Å²) in [5, 5.41) is 9.38. The lowest BCUT2D eigenvalue weighted by Crippen LogP contribution is -2.25. The Hall–Kier alpha value is -1.96. The molecule has 1 saturated heterocycles. The van der Waals surface area contributed by atoms with Crippen LogP contribution in [0.2, 0.25) is 0 Å². The number of aliphatic hydroxyl groups is 1. The van der Waals surface area contributed by atoms with Crippen LogP contribution in [-0.4, -0.2) is 71.0 Å². The Morgan fingerprint density at radius 2 is 1.72 bits per heavy atom. The van der Waals surface area contributed by atoms with Gasteiger partial charge in [-0.1, -0.05) is 26.7 Å². The minimum absolute atomic E-state index is 0.0800. The van der Waals surface area contributed by atoms with Crippen LogP contribution in [-0.2, 0) is 37.2 Å². The second-order valence-corrected chi connectivity index (χ2v) is 11.0. The predicted octanol–water partition coefficient (Wildman–Crippen LogP) is 2.03. The van der Waals surface area contributed by atoms with Crippen LogP contribution < -0.4 is 11.4 Å². The number of nitrogens with two attached hydrogens (primary N) is 1. The van der Waals surface area contributed by atoms with Crippen molar-refractivity contribution in [3.05, 3.63) is 22.7 Å². The molecule has 0 aliphatic carbocycles. The van der Waals surface area contributed by atoms with Crippen molar-refractivity contribution in [2.45, 2.75) is 62.7 Å². The van der Waals surface area contributed by atoms with E-state index in [0.29, 0.717) is 12.8 Å². The average Bonchev–Trinajstić information content (AvgIpc) is 3.21. The maximum Gasteiger partial charge on any atom is 0.475 e. The van der Waals surface area contributed by atoms with Gasteiger partial charge in [-0.25, -0.2) is 18.9 Å². The van der Waals surface area contributed by atoms with Gasteiger partial charge in [0.2, 0.25) is 0 Å². The van der Waals surface area contributed by atoms with E-state index in [0.717, 1.165) is 12.8 Å². The van der Waals surface area contributed by atoms with Gasteiger partial charge in [0.15, 0.2) is 13.2 Å². The van der Waals surface area contributed by atoms with E-state index in [1.807, 2.05) is 13.8 Å². The summed E-state index contributed by atoms with van der Waals surface area (Å²) in [6, 6.07) is 1.47. The van der Waals surface area contributed by atoms with Gasteiger partial charge < -0.3 is 20.3 Å². The van der Waals surface area contributed by atoms with Crippen molar-refractivity contribution in [3.63, 3.8) is 0 Å². The fourth-order valence-electron chi connectivity index (χ4n) is 2.97. The molecule has 3 atom stereocenters. The van der Waals surface area contributed by atoms with Gasteiger partial charge in [0, 0.05) is 12.6 Å². The SMILES string of the molecule is CCCCOC(=O)COP(=O)(OCC(=O)OCCCC)OCC1S[C@@H](n2ccc(N)nc2=O)C[C@H]1O. The van der Waals surface area contributed by atoms with Gasteiger partial charge in [-0.15, -0.1) is 11.8 Å². The molecule has 1 aliphatic rings. The number of nitrogen functional groups attached to an aromatic ring is 1. The molecule has 15 heteroatoms. The molecule has 3 N–H and O–H groups in total. The highest BCUT2D eigenvalue weighted by Gasteiger charge is 2.38. The molecule has 1 aromatic rings. The Kier molecular flexibility index (Phi) is 12.9. The first-order valence-electron chi connectivity index (χ1n) is 11.7. The summed E-state index contributed by atoms with van der Waals surface area (Å²) < 4.78 is 40.0. The average molecular weight is 552 g/mol. The Labute approximate surface area is 213 Å². The van der Waals surface area contributed by atoms with Crippen LogP contribution in [0, 0.1) is 0 Å². The number of nitrogens with zero attached hydrogens (tertiary/aromatic N) is 2. The molecule has 1 aliphatic heterocycles. The number of aliphatic hydroxyl groups excluding tert-OH is 1.